The summed E-state index contributed by atoms with van der Waals surface area (Å²) >= 11 is 0. The van der Waals surface area contributed by atoms with Crippen molar-refractivity contribution in [3.63, 3.8) is 0 Å². The Hall–Kier alpha value is -3.52. The van der Waals surface area contributed by atoms with Gasteiger partial charge in [-0.05, 0) is 55.5 Å². The quantitative estimate of drug-likeness (QED) is 0.189. The van der Waals surface area contributed by atoms with Gasteiger partial charge in [0.2, 0.25) is 0 Å². The SMILES string of the molecule is O=CCCCCC=Nc1cc(-c2cc(COCCc3cc(F)cc(F)c3)on2)ccc1C=O. The van der Waals surface area contributed by atoms with E-state index >= 15 is 0 Å². The summed E-state index contributed by atoms with van der Waals surface area (Å²) in [6.07, 6.45) is 6.64. The zero-order valence-electron chi connectivity index (χ0n) is 18.0. The molecule has 0 saturated heterocycles. The molecule has 0 unspecified atom stereocenters. The van der Waals surface area contributed by atoms with Crippen molar-refractivity contribution in [1.82, 2.24) is 5.16 Å². The first-order valence-corrected chi connectivity index (χ1v) is 10.6. The van der Waals surface area contributed by atoms with Gasteiger partial charge < -0.3 is 14.1 Å². The lowest BCUT2D eigenvalue weighted by Crippen LogP contribution is -1.99. The molecule has 3 aromatic rings. The van der Waals surface area contributed by atoms with Crippen molar-refractivity contribution >= 4 is 24.5 Å². The zero-order valence-corrected chi connectivity index (χ0v) is 18.0. The molecule has 6 nitrogen and oxygen atoms in total. The lowest BCUT2D eigenvalue weighted by molar-refractivity contribution is -0.107. The van der Waals surface area contributed by atoms with Crippen molar-refractivity contribution in [2.24, 2.45) is 4.99 Å². The number of hydrogen-bond donors (Lipinski definition) is 0. The molecule has 0 fully saturated rings. The summed E-state index contributed by atoms with van der Waals surface area (Å²) in [5, 5.41) is 4.05. The van der Waals surface area contributed by atoms with Crippen LogP contribution in [0.4, 0.5) is 14.5 Å². The maximum atomic E-state index is 13.2. The average molecular weight is 454 g/mol. The van der Waals surface area contributed by atoms with Gasteiger partial charge in [-0.15, -0.1) is 0 Å². The van der Waals surface area contributed by atoms with Gasteiger partial charge in [0.05, 0.1) is 12.3 Å². The van der Waals surface area contributed by atoms with E-state index in [0.717, 1.165) is 37.0 Å². The molecule has 0 aliphatic heterocycles. The van der Waals surface area contributed by atoms with Crippen LogP contribution in [0.25, 0.3) is 11.3 Å². The van der Waals surface area contributed by atoms with Crippen molar-refractivity contribution in [3.05, 3.63) is 71.0 Å². The van der Waals surface area contributed by atoms with Gasteiger partial charge in [-0.25, -0.2) is 8.78 Å². The molecular formula is C25H24F2N2O4. The number of nitrogens with zero attached hydrogens (tertiary/aromatic N) is 2. The maximum Gasteiger partial charge on any atom is 0.163 e. The highest BCUT2D eigenvalue weighted by molar-refractivity contribution is 5.86. The Bertz CT molecular complexity index is 1090. The third kappa shape index (κ3) is 7.54. The predicted octanol–water partition coefficient (Wildman–Crippen LogP) is 5.65. The van der Waals surface area contributed by atoms with Crippen LogP contribution in [0.1, 0.15) is 47.4 Å². The summed E-state index contributed by atoms with van der Waals surface area (Å²) in [4.78, 5) is 26.1. The van der Waals surface area contributed by atoms with Crippen molar-refractivity contribution in [1.29, 1.82) is 0 Å². The summed E-state index contributed by atoms with van der Waals surface area (Å²) < 4.78 is 37.3. The Kier molecular flexibility index (Phi) is 9.14. The lowest BCUT2D eigenvalue weighted by atomic mass is 10.1. The number of halogens is 2. The monoisotopic (exact) mass is 454 g/mol. The van der Waals surface area contributed by atoms with Crippen LogP contribution in [0.2, 0.25) is 0 Å². The normalized spacial score (nSPS) is 11.2. The maximum absolute atomic E-state index is 13.2. The molecule has 0 aliphatic rings. The molecule has 0 saturated carbocycles. The fourth-order valence-corrected chi connectivity index (χ4v) is 3.18. The number of rotatable bonds is 13. The minimum absolute atomic E-state index is 0.156. The van der Waals surface area contributed by atoms with E-state index in [0.29, 0.717) is 47.5 Å². The largest absolute Gasteiger partial charge is 0.373 e. The van der Waals surface area contributed by atoms with Gasteiger partial charge in [0.15, 0.2) is 12.0 Å². The predicted molar refractivity (Wildman–Crippen MR) is 120 cm³/mol. The molecule has 1 aromatic heterocycles. The molecule has 0 aliphatic carbocycles. The highest BCUT2D eigenvalue weighted by Gasteiger charge is 2.10. The van der Waals surface area contributed by atoms with Crippen LogP contribution in [-0.2, 0) is 22.6 Å². The van der Waals surface area contributed by atoms with E-state index < -0.39 is 11.6 Å². The molecule has 0 radical (unpaired) electrons. The molecule has 8 heteroatoms. The zero-order chi connectivity index (χ0) is 23.5. The van der Waals surface area contributed by atoms with Crippen LogP contribution in [0.3, 0.4) is 0 Å². The van der Waals surface area contributed by atoms with E-state index in [1.165, 1.54) is 12.1 Å². The molecule has 0 spiro atoms. The first-order valence-electron chi connectivity index (χ1n) is 10.6. The molecule has 172 valence electrons. The molecule has 2 aromatic carbocycles. The van der Waals surface area contributed by atoms with Crippen molar-refractivity contribution in [2.75, 3.05) is 6.61 Å². The molecule has 0 N–H and O–H groups in total. The molecule has 1 heterocycles. The summed E-state index contributed by atoms with van der Waals surface area (Å²) in [5.41, 5.74) is 2.81. The Balaban J connectivity index is 1.56. The highest BCUT2D eigenvalue weighted by atomic mass is 19.1. The van der Waals surface area contributed by atoms with Crippen LogP contribution < -0.4 is 0 Å². The van der Waals surface area contributed by atoms with E-state index in [1.807, 2.05) is 0 Å². The molecule has 0 amide bonds. The smallest absolute Gasteiger partial charge is 0.163 e. The summed E-state index contributed by atoms with van der Waals surface area (Å²) in [7, 11) is 0. The lowest BCUT2D eigenvalue weighted by Gasteiger charge is -2.03. The van der Waals surface area contributed by atoms with Gasteiger partial charge in [-0.3, -0.25) is 9.79 Å². The van der Waals surface area contributed by atoms with Crippen LogP contribution in [0.5, 0.6) is 0 Å². The number of aldehydes is 2. The number of ether oxygens (including phenoxy) is 1. The second kappa shape index (κ2) is 12.5. The van der Waals surface area contributed by atoms with E-state index in [-0.39, 0.29) is 13.2 Å². The van der Waals surface area contributed by atoms with E-state index in [1.54, 1.807) is 30.5 Å². The Morgan fingerprint density at radius 2 is 1.79 bits per heavy atom. The Morgan fingerprint density at radius 1 is 1.00 bits per heavy atom. The van der Waals surface area contributed by atoms with Gasteiger partial charge in [0.1, 0.15) is 30.2 Å². The number of benzene rings is 2. The van der Waals surface area contributed by atoms with Gasteiger partial charge in [-0.2, -0.15) is 0 Å². The molecule has 33 heavy (non-hydrogen) atoms. The Morgan fingerprint density at radius 3 is 2.55 bits per heavy atom. The van der Waals surface area contributed by atoms with Crippen molar-refractivity contribution in [2.45, 2.75) is 38.7 Å². The van der Waals surface area contributed by atoms with Gasteiger partial charge in [0, 0.05) is 35.9 Å². The van der Waals surface area contributed by atoms with Crippen LogP contribution in [0.15, 0.2) is 52.0 Å². The number of carbonyl (C=O) groups excluding carboxylic acids is 2. The first kappa shape index (κ1) is 24.1. The second-order valence-corrected chi connectivity index (χ2v) is 7.41. The minimum Gasteiger partial charge on any atom is -0.373 e. The number of unbranched alkanes of at least 4 members (excludes halogenated alkanes) is 3. The number of carbonyl (C=O) groups is 2. The van der Waals surface area contributed by atoms with E-state index in [9.17, 15) is 18.4 Å². The highest BCUT2D eigenvalue weighted by Crippen LogP contribution is 2.27. The summed E-state index contributed by atoms with van der Waals surface area (Å²) in [6, 6.07) is 10.3. The molecular weight excluding hydrogens is 430 g/mol. The fourth-order valence-electron chi connectivity index (χ4n) is 3.18. The van der Waals surface area contributed by atoms with E-state index in [2.05, 4.69) is 10.1 Å². The van der Waals surface area contributed by atoms with Crippen LogP contribution in [-0.4, -0.2) is 30.6 Å². The van der Waals surface area contributed by atoms with E-state index in [4.69, 9.17) is 9.26 Å². The average Bonchev–Trinajstić information content (AvgIpc) is 3.27. The topological polar surface area (TPSA) is 81.8 Å². The number of aromatic nitrogens is 1. The summed E-state index contributed by atoms with van der Waals surface area (Å²) in [6.45, 7) is 0.418. The van der Waals surface area contributed by atoms with Gasteiger partial charge in [0.25, 0.3) is 0 Å². The van der Waals surface area contributed by atoms with Crippen LogP contribution in [0, 0.1) is 11.6 Å². The van der Waals surface area contributed by atoms with Gasteiger partial charge in [-0.1, -0.05) is 11.2 Å². The first-order chi connectivity index (χ1) is 16.1. The van der Waals surface area contributed by atoms with Gasteiger partial charge >= 0.3 is 0 Å². The third-order valence-electron chi connectivity index (χ3n) is 4.85. The fraction of sp³-hybridized carbons (Fsp3) is 0.280. The second-order valence-electron chi connectivity index (χ2n) is 7.41. The number of aliphatic imine (C=N–C) groups is 1. The molecule has 0 atom stereocenters. The van der Waals surface area contributed by atoms with Crippen molar-refractivity contribution < 1.29 is 27.6 Å². The van der Waals surface area contributed by atoms with Crippen LogP contribution >= 0.6 is 0 Å². The minimum atomic E-state index is -0.618. The third-order valence-corrected chi connectivity index (χ3v) is 4.85. The summed E-state index contributed by atoms with van der Waals surface area (Å²) in [5.74, 6) is -0.741. The molecule has 3 rings (SSSR count). The molecule has 0 bridgehead atoms. The standard InChI is InChI=1S/C25H24F2N2O4/c26-21-11-18(12-22(27)14-21)7-10-32-17-23-15-25(29-33-23)19-5-6-20(16-31)24(13-19)28-8-3-1-2-4-9-30/h5-6,8-9,11-16H,1-4,7,10,17H2. The Labute approximate surface area is 190 Å². The number of hydrogen-bond acceptors (Lipinski definition) is 6. The van der Waals surface area contributed by atoms with Crippen molar-refractivity contribution in [3.8, 4) is 11.3 Å².